The fraction of sp³-hybridized carbons (Fsp3) is 0.364. The molecule has 104 valence electrons. The number of halogens is 2. The number of nitrogens with two attached hydrogens (primary N) is 2. The lowest BCUT2D eigenvalue weighted by molar-refractivity contribution is 0.410. The van der Waals surface area contributed by atoms with E-state index in [1.165, 1.54) is 0 Å². The first-order chi connectivity index (χ1) is 7.71. The molecule has 1 aromatic carbocycles. The van der Waals surface area contributed by atoms with E-state index < -0.39 is 0 Å². The van der Waals surface area contributed by atoms with E-state index in [1.807, 2.05) is 25.1 Å². The summed E-state index contributed by atoms with van der Waals surface area (Å²) < 4.78 is 5.17. The molecule has 18 heavy (non-hydrogen) atoms. The van der Waals surface area contributed by atoms with Gasteiger partial charge in [-0.25, -0.2) is 0 Å². The Hall–Kier alpha value is -1.17. The third kappa shape index (κ3) is 5.44. The first kappa shape index (κ1) is 19.2. The molecule has 0 radical (unpaired) electrons. The van der Waals surface area contributed by atoms with Crippen LogP contribution in [0.3, 0.4) is 0 Å². The maximum Gasteiger partial charge on any atom is 0.193 e. The lowest BCUT2D eigenvalue weighted by Crippen LogP contribution is -2.22. The van der Waals surface area contributed by atoms with Gasteiger partial charge in [-0.2, -0.15) is 0 Å². The summed E-state index contributed by atoms with van der Waals surface area (Å²) in [7, 11) is 1.62. The number of hydrogen-bond donors (Lipinski definition) is 3. The van der Waals surface area contributed by atoms with E-state index >= 15 is 0 Å². The molecule has 5 N–H and O–H groups in total. The molecule has 0 spiro atoms. The number of nitrogens with one attached hydrogen (secondary N) is 1. The summed E-state index contributed by atoms with van der Waals surface area (Å²) >= 11 is 0. The lowest BCUT2D eigenvalue weighted by Gasteiger charge is -2.10. The summed E-state index contributed by atoms with van der Waals surface area (Å²) in [6.45, 7) is 3.00. The van der Waals surface area contributed by atoms with Crippen LogP contribution in [0.25, 0.3) is 0 Å². The Morgan fingerprint density at radius 3 is 2.56 bits per heavy atom. The molecule has 0 atom stereocenters. The number of ether oxygens (including phenoxy) is 1. The van der Waals surface area contributed by atoms with Gasteiger partial charge in [0.2, 0.25) is 0 Å². The number of aliphatic imine (C=N–C) groups is 1. The van der Waals surface area contributed by atoms with Crippen LogP contribution in [-0.2, 0) is 6.54 Å². The molecule has 0 amide bonds. The van der Waals surface area contributed by atoms with Gasteiger partial charge in [-0.15, -0.1) is 24.8 Å². The Balaban J connectivity index is 0. The molecule has 0 aliphatic heterocycles. The summed E-state index contributed by atoms with van der Waals surface area (Å²) in [4.78, 5) is 4.04. The number of anilines is 1. The minimum atomic E-state index is 0. The highest BCUT2D eigenvalue weighted by atomic mass is 35.5. The van der Waals surface area contributed by atoms with Crippen molar-refractivity contribution < 1.29 is 4.74 Å². The largest absolute Gasteiger partial charge is 0.496 e. The van der Waals surface area contributed by atoms with Crippen LogP contribution >= 0.6 is 24.8 Å². The van der Waals surface area contributed by atoms with Gasteiger partial charge in [-0.3, -0.25) is 4.99 Å². The Bertz CT molecular complexity index is 385. The van der Waals surface area contributed by atoms with Crippen molar-refractivity contribution in [2.24, 2.45) is 16.5 Å². The average molecular weight is 295 g/mol. The van der Waals surface area contributed by atoms with Crippen molar-refractivity contribution in [3.8, 4) is 5.75 Å². The molecular formula is C11H20Cl2N4O. The molecule has 1 rings (SSSR count). The minimum absolute atomic E-state index is 0. The molecule has 0 saturated heterocycles. The van der Waals surface area contributed by atoms with Crippen LogP contribution < -0.4 is 21.5 Å². The third-order valence-electron chi connectivity index (χ3n) is 2.10. The van der Waals surface area contributed by atoms with Crippen LogP contribution in [0.15, 0.2) is 23.2 Å². The van der Waals surface area contributed by atoms with Gasteiger partial charge in [-0.05, 0) is 25.1 Å². The van der Waals surface area contributed by atoms with Gasteiger partial charge in [0.15, 0.2) is 5.96 Å². The van der Waals surface area contributed by atoms with Crippen molar-refractivity contribution in [1.29, 1.82) is 0 Å². The second kappa shape index (κ2) is 9.82. The first-order valence-electron chi connectivity index (χ1n) is 5.15. The van der Waals surface area contributed by atoms with E-state index in [0.717, 1.165) is 17.0 Å². The normalized spacial score (nSPS) is 10.1. The molecular weight excluding hydrogens is 275 g/mol. The number of methoxy groups -OCH3 is 1. The van der Waals surface area contributed by atoms with Gasteiger partial charge in [0.05, 0.1) is 7.11 Å². The summed E-state index contributed by atoms with van der Waals surface area (Å²) in [5.41, 5.74) is 13.1. The quantitative estimate of drug-likeness (QED) is 0.583. The monoisotopic (exact) mass is 294 g/mol. The van der Waals surface area contributed by atoms with Crippen molar-refractivity contribution >= 4 is 36.5 Å². The number of guanidine groups is 1. The Morgan fingerprint density at radius 2 is 2.06 bits per heavy atom. The molecule has 7 heteroatoms. The second-order valence-electron chi connectivity index (χ2n) is 3.22. The molecule has 0 fully saturated rings. The Kier molecular flexibility index (Phi) is 10.5. The van der Waals surface area contributed by atoms with Crippen molar-refractivity contribution in [3.63, 3.8) is 0 Å². The first-order valence-corrected chi connectivity index (χ1v) is 5.15. The lowest BCUT2D eigenvalue weighted by atomic mass is 10.2. The number of hydrogen-bond acceptors (Lipinski definition) is 3. The smallest absolute Gasteiger partial charge is 0.193 e. The van der Waals surface area contributed by atoms with Gasteiger partial charge in [0, 0.05) is 24.3 Å². The maximum atomic E-state index is 5.65. The van der Waals surface area contributed by atoms with Gasteiger partial charge in [-0.1, -0.05) is 0 Å². The topological polar surface area (TPSA) is 85.7 Å². The fourth-order valence-electron chi connectivity index (χ4n) is 1.37. The molecule has 0 saturated carbocycles. The van der Waals surface area contributed by atoms with Crippen LogP contribution in [0, 0.1) is 0 Å². The van der Waals surface area contributed by atoms with Crippen LogP contribution in [0.2, 0.25) is 0 Å². The van der Waals surface area contributed by atoms with Crippen LogP contribution in [-0.4, -0.2) is 19.6 Å². The van der Waals surface area contributed by atoms with Crippen molar-refractivity contribution in [3.05, 3.63) is 23.8 Å². The third-order valence-corrected chi connectivity index (χ3v) is 2.10. The highest BCUT2D eigenvalue weighted by Crippen LogP contribution is 2.21. The van der Waals surface area contributed by atoms with Gasteiger partial charge in [0.1, 0.15) is 5.75 Å². The maximum absolute atomic E-state index is 5.65. The molecule has 0 aliphatic rings. The molecule has 0 heterocycles. The van der Waals surface area contributed by atoms with Crippen molar-refractivity contribution in [2.45, 2.75) is 13.5 Å². The van der Waals surface area contributed by atoms with Gasteiger partial charge in [0.25, 0.3) is 0 Å². The second-order valence-corrected chi connectivity index (χ2v) is 3.22. The van der Waals surface area contributed by atoms with Crippen LogP contribution in [0.4, 0.5) is 5.69 Å². The number of rotatable bonds is 4. The number of nitrogens with zero attached hydrogens (tertiary/aromatic N) is 1. The highest BCUT2D eigenvalue weighted by molar-refractivity contribution is 5.92. The summed E-state index contributed by atoms with van der Waals surface area (Å²) in [6.07, 6.45) is 0. The van der Waals surface area contributed by atoms with Gasteiger partial charge >= 0.3 is 0 Å². The van der Waals surface area contributed by atoms with Crippen molar-refractivity contribution in [1.82, 2.24) is 0 Å². The van der Waals surface area contributed by atoms with Crippen LogP contribution in [0.1, 0.15) is 12.5 Å². The van der Waals surface area contributed by atoms with Crippen LogP contribution in [0.5, 0.6) is 5.75 Å². The van der Waals surface area contributed by atoms with Gasteiger partial charge < -0.3 is 21.5 Å². The minimum Gasteiger partial charge on any atom is -0.496 e. The standard InChI is InChI=1S/C11H18N4O.2ClH/c1-3-14-11(13)15-9-4-5-10(16-2)8(6-9)7-12;;/h4-6H,3,7,12H2,1-2H3,(H3,13,14,15);2*1H. The zero-order chi connectivity index (χ0) is 12.0. The molecule has 1 aromatic rings. The Morgan fingerprint density at radius 1 is 1.39 bits per heavy atom. The molecule has 0 aromatic heterocycles. The van der Waals surface area contributed by atoms with Crippen molar-refractivity contribution in [2.75, 3.05) is 19.0 Å². The molecule has 0 aliphatic carbocycles. The fourth-order valence-corrected chi connectivity index (χ4v) is 1.37. The van der Waals surface area contributed by atoms with E-state index in [2.05, 4.69) is 10.3 Å². The van der Waals surface area contributed by atoms with E-state index in [9.17, 15) is 0 Å². The Labute approximate surface area is 120 Å². The molecule has 0 unspecified atom stereocenters. The molecule has 5 nitrogen and oxygen atoms in total. The number of benzene rings is 1. The van der Waals surface area contributed by atoms with E-state index in [0.29, 0.717) is 19.0 Å². The predicted octanol–water partition coefficient (Wildman–Crippen LogP) is 1.74. The SMILES string of the molecule is CCN=C(N)Nc1ccc(OC)c(CN)c1.Cl.Cl. The highest BCUT2D eigenvalue weighted by Gasteiger charge is 2.03. The molecule has 0 bridgehead atoms. The summed E-state index contributed by atoms with van der Waals surface area (Å²) in [5.74, 6) is 1.18. The summed E-state index contributed by atoms with van der Waals surface area (Å²) in [6, 6.07) is 5.62. The zero-order valence-corrected chi connectivity index (χ0v) is 12.1. The predicted molar refractivity (Wildman–Crippen MR) is 81.2 cm³/mol. The average Bonchev–Trinajstić information content (AvgIpc) is 2.29. The van der Waals surface area contributed by atoms with E-state index in [-0.39, 0.29) is 24.8 Å². The van der Waals surface area contributed by atoms with E-state index in [1.54, 1.807) is 7.11 Å². The zero-order valence-electron chi connectivity index (χ0n) is 10.5. The van der Waals surface area contributed by atoms with E-state index in [4.69, 9.17) is 16.2 Å². The summed E-state index contributed by atoms with van der Waals surface area (Å²) in [5, 5.41) is 2.99.